The Morgan fingerprint density at radius 1 is 1.53 bits per heavy atom. The first kappa shape index (κ1) is 15.1. The van der Waals surface area contributed by atoms with Crippen LogP contribution in [0.5, 0.6) is 0 Å². The van der Waals surface area contributed by atoms with Crippen molar-refractivity contribution in [3.8, 4) is 0 Å². The second-order valence-corrected chi connectivity index (χ2v) is 5.25. The van der Waals surface area contributed by atoms with E-state index < -0.39 is 28.5 Å². The van der Waals surface area contributed by atoms with Crippen LogP contribution < -0.4 is 4.72 Å². The van der Waals surface area contributed by atoms with Gasteiger partial charge >= 0.3 is 11.9 Å². The summed E-state index contributed by atoms with van der Waals surface area (Å²) in [5.41, 5.74) is 0. The van der Waals surface area contributed by atoms with Crippen molar-refractivity contribution in [2.75, 3.05) is 13.7 Å². The molecular formula is C9H13N3O6S. The van der Waals surface area contributed by atoms with Gasteiger partial charge in [-0.05, 0) is 0 Å². The number of esters is 1. The van der Waals surface area contributed by atoms with Gasteiger partial charge in [-0.3, -0.25) is 14.3 Å². The molecule has 0 unspecified atom stereocenters. The normalized spacial score (nSPS) is 11.2. The molecule has 1 aromatic heterocycles. The molecule has 0 spiro atoms. The Morgan fingerprint density at radius 2 is 2.21 bits per heavy atom. The lowest BCUT2D eigenvalue weighted by Gasteiger charge is -2.02. The number of carboxylic acid groups (broad SMARTS) is 1. The van der Waals surface area contributed by atoms with E-state index in [9.17, 15) is 18.0 Å². The third-order valence-electron chi connectivity index (χ3n) is 2.11. The van der Waals surface area contributed by atoms with Gasteiger partial charge in [-0.15, -0.1) is 0 Å². The minimum Gasteiger partial charge on any atom is -0.481 e. The van der Waals surface area contributed by atoms with Crippen LogP contribution in [0.2, 0.25) is 0 Å². The topological polar surface area (TPSA) is 128 Å². The molecule has 19 heavy (non-hydrogen) atoms. The van der Waals surface area contributed by atoms with Gasteiger partial charge in [0.2, 0.25) is 10.0 Å². The fourth-order valence-electron chi connectivity index (χ4n) is 1.13. The second-order valence-electron chi connectivity index (χ2n) is 3.48. The summed E-state index contributed by atoms with van der Waals surface area (Å²) in [5.74, 6) is -1.73. The molecule has 1 rings (SSSR count). The van der Waals surface area contributed by atoms with Crippen molar-refractivity contribution < 1.29 is 27.9 Å². The first-order chi connectivity index (χ1) is 8.85. The lowest BCUT2D eigenvalue weighted by atomic mass is 10.4. The number of methoxy groups -OCH3 is 1. The number of sulfonamides is 1. The Balaban J connectivity index is 2.68. The van der Waals surface area contributed by atoms with Crippen LogP contribution in [-0.4, -0.2) is 48.9 Å². The van der Waals surface area contributed by atoms with Crippen LogP contribution in [0.4, 0.5) is 0 Å². The van der Waals surface area contributed by atoms with Gasteiger partial charge in [0.15, 0.2) is 0 Å². The SMILES string of the molecule is COC(=O)CNS(=O)(=O)c1cnn(CCC(=O)O)c1. The number of hydrogen-bond donors (Lipinski definition) is 2. The molecule has 0 saturated heterocycles. The van der Waals surface area contributed by atoms with Gasteiger partial charge in [0.1, 0.15) is 11.4 Å². The fourth-order valence-corrected chi connectivity index (χ4v) is 2.05. The molecule has 1 heterocycles. The number of carboxylic acids is 1. The predicted molar refractivity (Wildman–Crippen MR) is 61.7 cm³/mol. The van der Waals surface area contributed by atoms with Crippen molar-refractivity contribution in [1.29, 1.82) is 0 Å². The highest BCUT2D eigenvalue weighted by Crippen LogP contribution is 2.07. The van der Waals surface area contributed by atoms with Crippen molar-refractivity contribution >= 4 is 22.0 Å². The number of aryl methyl sites for hydroxylation is 1. The highest BCUT2D eigenvalue weighted by molar-refractivity contribution is 7.89. The maximum atomic E-state index is 11.7. The number of carbonyl (C=O) groups is 2. The standard InChI is InChI=1S/C9H13N3O6S/c1-18-9(15)5-11-19(16,17)7-4-10-12(6-7)3-2-8(13)14/h4,6,11H,2-3,5H2,1H3,(H,13,14). The molecule has 0 aliphatic carbocycles. The Labute approximate surface area is 109 Å². The van der Waals surface area contributed by atoms with Crippen LogP contribution in [0, 0.1) is 0 Å². The Kier molecular flexibility index (Phi) is 5.01. The smallest absolute Gasteiger partial charge is 0.320 e. The molecule has 0 saturated carbocycles. The van der Waals surface area contributed by atoms with Crippen LogP contribution in [0.25, 0.3) is 0 Å². The van der Waals surface area contributed by atoms with Gasteiger partial charge in [-0.1, -0.05) is 0 Å². The summed E-state index contributed by atoms with van der Waals surface area (Å²) in [4.78, 5) is 21.0. The maximum Gasteiger partial charge on any atom is 0.320 e. The zero-order valence-electron chi connectivity index (χ0n) is 10.1. The third-order valence-corrected chi connectivity index (χ3v) is 3.46. The quantitative estimate of drug-likeness (QED) is 0.604. The second kappa shape index (κ2) is 6.29. The Hall–Kier alpha value is -1.94. The highest BCUT2D eigenvalue weighted by atomic mass is 32.2. The molecule has 0 aliphatic heterocycles. The third kappa shape index (κ3) is 4.67. The molecular weight excluding hydrogens is 278 g/mol. The molecule has 9 nitrogen and oxygen atoms in total. The molecule has 10 heteroatoms. The van der Waals surface area contributed by atoms with Crippen LogP contribution in [-0.2, 0) is 30.9 Å². The average molecular weight is 291 g/mol. The van der Waals surface area contributed by atoms with E-state index >= 15 is 0 Å². The molecule has 0 fully saturated rings. The van der Waals surface area contributed by atoms with E-state index in [0.29, 0.717) is 0 Å². The van der Waals surface area contributed by atoms with Gasteiger partial charge in [0.05, 0.1) is 26.3 Å². The number of hydrogen-bond acceptors (Lipinski definition) is 6. The molecule has 0 aromatic carbocycles. The molecule has 2 N–H and O–H groups in total. The number of rotatable bonds is 7. The molecule has 0 aliphatic rings. The van der Waals surface area contributed by atoms with E-state index in [2.05, 4.69) is 9.84 Å². The van der Waals surface area contributed by atoms with Gasteiger partial charge in [0.25, 0.3) is 0 Å². The summed E-state index contributed by atoms with van der Waals surface area (Å²) in [5, 5.41) is 12.2. The Morgan fingerprint density at radius 3 is 2.79 bits per heavy atom. The summed E-state index contributed by atoms with van der Waals surface area (Å²) in [6, 6.07) is 0. The zero-order chi connectivity index (χ0) is 14.5. The Bertz CT molecular complexity index is 564. The van der Waals surface area contributed by atoms with Gasteiger partial charge in [0, 0.05) is 6.20 Å². The van der Waals surface area contributed by atoms with Crippen molar-refractivity contribution in [2.45, 2.75) is 17.9 Å². The lowest BCUT2D eigenvalue weighted by molar-refractivity contribution is -0.139. The largest absolute Gasteiger partial charge is 0.481 e. The zero-order valence-corrected chi connectivity index (χ0v) is 10.9. The van der Waals surface area contributed by atoms with E-state index in [4.69, 9.17) is 5.11 Å². The number of carbonyl (C=O) groups excluding carboxylic acids is 1. The summed E-state index contributed by atoms with van der Waals surface area (Å²) < 4.78 is 31.0. The van der Waals surface area contributed by atoms with Gasteiger partial charge < -0.3 is 9.84 Å². The fraction of sp³-hybridized carbons (Fsp3) is 0.444. The minimum absolute atomic E-state index is 0.0574. The maximum absolute atomic E-state index is 11.7. The summed E-state index contributed by atoms with van der Waals surface area (Å²) in [6.45, 7) is -0.430. The van der Waals surface area contributed by atoms with E-state index in [-0.39, 0.29) is 17.9 Å². The van der Waals surface area contributed by atoms with Crippen molar-refractivity contribution in [2.24, 2.45) is 0 Å². The van der Waals surface area contributed by atoms with Crippen LogP contribution >= 0.6 is 0 Å². The first-order valence-corrected chi connectivity index (χ1v) is 6.64. The van der Waals surface area contributed by atoms with Crippen LogP contribution in [0.15, 0.2) is 17.3 Å². The van der Waals surface area contributed by atoms with Crippen molar-refractivity contribution in [3.05, 3.63) is 12.4 Å². The van der Waals surface area contributed by atoms with E-state index in [0.717, 1.165) is 13.3 Å². The van der Waals surface area contributed by atoms with E-state index in [1.807, 2.05) is 4.72 Å². The van der Waals surface area contributed by atoms with Gasteiger partial charge in [-0.25, -0.2) is 8.42 Å². The monoisotopic (exact) mass is 291 g/mol. The minimum atomic E-state index is -3.86. The molecule has 1 aromatic rings. The average Bonchev–Trinajstić information content (AvgIpc) is 2.83. The van der Waals surface area contributed by atoms with E-state index in [1.165, 1.54) is 10.9 Å². The molecule has 106 valence electrons. The van der Waals surface area contributed by atoms with Crippen LogP contribution in [0.1, 0.15) is 6.42 Å². The molecule has 0 bridgehead atoms. The number of ether oxygens (including phenoxy) is 1. The van der Waals surface area contributed by atoms with Crippen molar-refractivity contribution in [1.82, 2.24) is 14.5 Å². The highest BCUT2D eigenvalue weighted by Gasteiger charge is 2.18. The van der Waals surface area contributed by atoms with Crippen LogP contribution in [0.3, 0.4) is 0 Å². The number of nitrogens with zero attached hydrogens (tertiary/aromatic N) is 2. The van der Waals surface area contributed by atoms with E-state index in [1.54, 1.807) is 0 Å². The molecule has 0 radical (unpaired) electrons. The number of nitrogens with one attached hydrogen (secondary N) is 1. The van der Waals surface area contributed by atoms with Crippen molar-refractivity contribution in [3.63, 3.8) is 0 Å². The number of aromatic nitrogens is 2. The summed E-state index contributed by atoms with van der Waals surface area (Å²) >= 11 is 0. The predicted octanol–water partition coefficient (Wildman–Crippen LogP) is -1.19. The summed E-state index contributed by atoms with van der Waals surface area (Å²) in [6.07, 6.45) is 2.08. The van der Waals surface area contributed by atoms with Gasteiger partial charge in [-0.2, -0.15) is 9.82 Å². The molecule has 0 atom stereocenters. The number of aliphatic carboxylic acids is 1. The molecule has 0 amide bonds. The summed E-state index contributed by atoms with van der Waals surface area (Å²) in [7, 11) is -2.73. The first-order valence-electron chi connectivity index (χ1n) is 5.16. The lowest BCUT2D eigenvalue weighted by Crippen LogP contribution is -2.30.